The third kappa shape index (κ3) is 5.15. The van der Waals surface area contributed by atoms with Gasteiger partial charge in [0.05, 0.1) is 18.6 Å². The molecule has 174 valence electrons. The number of aromatic hydroxyl groups is 1. The predicted octanol–water partition coefficient (Wildman–Crippen LogP) is 6.08. The molecular formula is C26H21BrFNO5. The Hall–Kier alpha value is -3.57. The van der Waals surface area contributed by atoms with E-state index in [1.54, 1.807) is 36.4 Å². The molecule has 2 aliphatic rings. The summed E-state index contributed by atoms with van der Waals surface area (Å²) in [6, 6.07) is 15.2. The Morgan fingerprint density at radius 3 is 2.71 bits per heavy atom. The molecule has 8 heteroatoms. The second-order valence-corrected chi connectivity index (χ2v) is 8.95. The molecule has 34 heavy (non-hydrogen) atoms. The van der Waals surface area contributed by atoms with Crippen LogP contribution in [0.3, 0.4) is 0 Å². The van der Waals surface area contributed by atoms with Gasteiger partial charge in [-0.1, -0.05) is 22.0 Å². The number of phenols is 1. The van der Waals surface area contributed by atoms with Crippen molar-refractivity contribution in [2.75, 3.05) is 6.61 Å². The Morgan fingerprint density at radius 2 is 1.94 bits per heavy atom. The summed E-state index contributed by atoms with van der Waals surface area (Å²) in [4.78, 5) is 10.5. The van der Waals surface area contributed by atoms with Crippen LogP contribution in [0, 0.1) is 17.1 Å². The summed E-state index contributed by atoms with van der Waals surface area (Å²) in [7, 11) is 0. The van der Waals surface area contributed by atoms with Crippen molar-refractivity contribution in [1.29, 1.82) is 5.26 Å². The highest BCUT2D eigenvalue weighted by molar-refractivity contribution is 9.10. The summed E-state index contributed by atoms with van der Waals surface area (Å²) < 4.78 is 25.7. The zero-order valence-electron chi connectivity index (χ0n) is 18.1. The molecule has 2 N–H and O–H groups in total. The van der Waals surface area contributed by atoms with E-state index in [0.29, 0.717) is 29.4 Å². The number of hydrogen-bond donors (Lipinski definition) is 2. The Kier molecular flexibility index (Phi) is 7.03. The molecular weight excluding hydrogens is 505 g/mol. The molecule has 1 aliphatic carbocycles. The van der Waals surface area contributed by atoms with E-state index in [-0.39, 0.29) is 23.9 Å². The number of rotatable bonds is 4. The maximum atomic E-state index is 13.7. The normalized spacial score (nSPS) is 15.3. The highest BCUT2D eigenvalue weighted by atomic mass is 79.9. The predicted molar refractivity (Wildman–Crippen MR) is 126 cm³/mol. The van der Waals surface area contributed by atoms with Gasteiger partial charge in [0.25, 0.3) is 0 Å². The lowest BCUT2D eigenvalue weighted by Gasteiger charge is -2.12. The topological polar surface area (TPSA) is 99.8 Å². The molecule has 0 spiro atoms. The summed E-state index contributed by atoms with van der Waals surface area (Å²) >= 11 is 3.36. The maximum absolute atomic E-state index is 13.7. The summed E-state index contributed by atoms with van der Waals surface area (Å²) in [5.41, 5.74) is 3.00. The number of carboxylic acid groups (broad SMARTS) is 1. The van der Waals surface area contributed by atoms with Gasteiger partial charge in [0.1, 0.15) is 34.9 Å². The lowest BCUT2D eigenvalue weighted by molar-refractivity contribution is -0.137. The van der Waals surface area contributed by atoms with E-state index < -0.39 is 5.97 Å². The SMILES string of the molecule is N#Cc1ccc(Br)cc1Oc1ccc(F)c2c1CCC2.O=C(O)CC1COc2cc(O)ccc21. The number of phenolic OH excluding ortho intramolecular Hbond substituents is 1. The largest absolute Gasteiger partial charge is 0.508 e. The lowest BCUT2D eigenvalue weighted by atomic mass is 9.98. The number of benzene rings is 3. The minimum Gasteiger partial charge on any atom is -0.508 e. The van der Waals surface area contributed by atoms with Gasteiger partial charge in [0, 0.05) is 27.6 Å². The number of hydrogen-bond acceptors (Lipinski definition) is 5. The molecule has 6 nitrogen and oxygen atoms in total. The number of carboxylic acids is 1. The van der Waals surface area contributed by atoms with Gasteiger partial charge in [-0.25, -0.2) is 4.39 Å². The maximum Gasteiger partial charge on any atom is 0.304 e. The van der Waals surface area contributed by atoms with Gasteiger partial charge in [-0.05, 0) is 61.2 Å². The van der Waals surface area contributed by atoms with Crippen LogP contribution in [0.4, 0.5) is 4.39 Å². The quantitative estimate of drug-likeness (QED) is 0.427. The van der Waals surface area contributed by atoms with Crippen LogP contribution in [0.5, 0.6) is 23.0 Å². The van der Waals surface area contributed by atoms with Crippen LogP contribution in [0.25, 0.3) is 0 Å². The molecule has 5 rings (SSSR count). The standard InChI is InChI=1S/C16H11BrFNO.C10H10O4/c17-11-5-4-10(9-19)16(8-11)20-15-7-6-14(18)12-2-1-3-13(12)15;11-7-1-2-8-6(3-10(12)13)5-14-9(8)4-7/h4-8H,1-3H2;1-2,4,6,11H,3,5H2,(H,12,13). The Labute approximate surface area is 204 Å². The van der Waals surface area contributed by atoms with Gasteiger partial charge in [0.2, 0.25) is 0 Å². The molecule has 1 unspecified atom stereocenters. The Balaban J connectivity index is 0.000000172. The number of fused-ring (bicyclic) bond motifs is 2. The van der Waals surface area contributed by atoms with Crippen molar-refractivity contribution >= 4 is 21.9 Å². The third-order valence-electron chi connectivity index (χ3n) is 5.77. The van der Waals surface area contributed by atoms with Crippen LogP contribution in [0.1, 0.15) is 41.0 Å². The first-order valence-corrected chi connectivity index (χ1v) is 11.5. The van der Waals surface area contributed by atoms with Gasteiger partial charge < -0.3 is 19.7 Å². The molecule has 0 aromatic heterocycles. The molecule has 0 fully saturated rings. The average molecular weight is 526 g/mol. The van der Waals surface area contributed by atoms with E-state index in [4.69, 9.17) is 24.9 Å². The van der Waals surface area contributed by atoms with Crippen molar-refractivity contribution in [2.24, 2.45) is 0 Å². The minimum absolute atomic E-state index is 0.0672. The van der Waals surface area contributed by atoms with E-state index in [0.717, 1.165) is 40.4 Å². The molecule has 1 aliphatic heterocycles. The average Bonchev–Trinajstić information content (AvgIpc) is 3.44. The first-order chi connectivity index (χ1) is 16.4. The van der Waals surface area contributed by atoms with Gasteiger partial charge in [-0.3, -0.25) is 4.79 Å². The molecule has 0 amide bonds. The molecule has 3 aromatic rings. The van der Waals surface area contributed by atoms with Gasteiger partial charge in [0.15, 0.2) is 0 Å². The van der Waals surface area contributed by atoms with Gasteiger partial charge in [-0.15, -0.1) is 0 Å². The van der Waals surface area contributed by atoms with Crippen molar-refractivity contribution in [1.82, 2.24) is 0 Å². The van der Waals surface area contributed by atoms with Crippen molar-refractivity contribution in [2.45, 2.75) is 31.6 Å². The van der Waals surface area contributed by atoms with Crippen molar-refractivity contribution in [3.8, 4) is 29.1 Å². The Morgan fingerprint density at radius 1 is 1.15 bits per heavy atom. The highest BCUT2D eigenvalue weighted by Gasteiger charge is 2.26. The zero-order valence-corrected chi connectivity index (χ0v) is 19.6. The van der Waals surface area contributed by atoms with E-state index in [1.807, 2.05) is 0 Å². The monoisotopic (exact) mass is 525 g/mol. The van der Waals surface area contributed by atoms with Gasteiger partial charge >= 0.3 is 5.97 Å². The van der Waals surface area contributed by atoms with E-state index in [2.05, 4.69) is 22.0 Å². The van der Waals surface area contributed by atoms with E-state index >= 15 is 0 Å². The fourth-order valence-corrected chi connectivity index (χ4v) is 4.50. The third-order valence-corrected chi connectivity index (χ3v) is 6.26. The zero-order chi connectivity index (χ0) is 24.2. The number of aliphatic carboxylic acids is 1. The fourth-order valence-electron chi connectivity index (χ4n) is 4.16. The first-order valence-electron chi connectivity index (χ1n) is 10.7. The first kappa shape index (κ1) is 23.6. The molecule has 0 saturated heterocycles. The smallest absolute Gasteiger partial charge is 0.304 e. The molecule has 0 saturated carbocycles. The van der Waals surface area contributed by atoms with E-state index in [9.17, 15) is 9.18 Å². The fraction of sp³-hybridized carbons (Fsp3) is 0.231. The molecule has 3 aromatic carbocycles. The Bertz CT molecular complexity index is 1290. The second-order valence-electron chi connectivity index (χ2n) is 8.04. The number of ether oxygens (including phenoxy) is 2. The number of halogens is 2. The number of nitriles is 1. The summed E-state index contributed by atoms with van der Waals surface area (Å²) in [5, 5.41) is 26.9. The van der Waals surface area contributed by atoms with Crippen molar-refractivity contribution in [3.05, 3.63) is 81.1 Å². The minimum atomic E-state index is -0.834. The van der Waals surface area contributed by atoms with Crippen LogP contribution >= 0.6 is 15.9 Å². The number of carbonyl (C=O) groups is 1. The van der Waals surface area contributed by atoms with Crippen LogP contribution in [0.15, 0.2) is 53.0 Å². The van der Waals surface area contributed by atoms with Crippen LogP contribution < -0.4 is 9.47 Å². The highest BCUT2D eigenvalue weighted by Crippen LogP contribution is 2.38. The van der Waals surface area contributed by atoms with Crippen LogP contribution in [-0.4, -0.2) is 22.8 Å². The summed E-state index contributed by atoms with van der Waals surface area (Å²) in [6.45, 7) is 0.380. The van der Waals surface area contributed by atoms with E-state index in [1.165, 1.54) is 12.1 Å². The molecule has 0 radical (unpaired) electrons. The lowest BCUT2D eigenvalue weighted by Crippen LogP contribution is -2.07. The van der Waals surface area contributed by atoms with Crippen LogP contribution in [-0.2, 0) is 17.6 Å². The summed E-state index contributed by atoms with van der Waals surface area (Å²) in [5.74, 6) is 0.772. The molecule has 1 heterocycles. The molecule has 0 bridgehead atoms. The van der Waals surface area contributed by atoms with Crippen molar-refractivity contribution < 1.29 is 28.9 Å². The van der Waals surface area contributed by atoms with Crippen LogP contribution in [0.2, 0.25) is 0 Å². The van der Waals surface area contributed by atoms with Gasteiger partial charge in [-0.2, -0.15) is 5.26 Å². The summed E-state index contributed by atoms with van der Waals surface area (Å²) in [6.07, 6.45) is 2.58. The number of nitrogens with zero attached hydrogens (tertiary/aromatic N) is 1. The van der Waals surface area contributed by atoms with Crippen molar-refractivity contribution in [3.63, 3.8) is 0 Å². The second kappa shape index (κ2) is 10.1. The molecule has 1 atom stereocenters.